The summed E-state index contributed by atoms with van der Waals surface area (Å²) in [5.74, 6) is -0.231. The van der Waals surface area contributed by atoms with Gasteiger partial charge in [-0.1, -0.05) is 11.6 Å². The number of amides is 1. The summed E-state index contributed by atoms with van der Waals surface area (Å²) < 4.78 is 22.6. The zero-order valence-electron chi connectivity index (χ0n) is 9.50. The van der Waals surface area contributed by atoms with E-state index < -0.39 is 10.0 Å². The second-order valence-corrected chi connectivity index (χ2v) is 7.71. The Labute approximate surface area is 115 Å². The van der Waals surface area contributed by atoms with E-state index in [4.69, 9.17) is 16.7 Å². The Bertz CT molecular complexity index is 555. The molecule has 0 radical (unpaired) electrons. The van der Waals surface area contributed by atoms with E-state index in [0.717, 1.165) is 0 Å². The SMILES string of the molecule is NS(=O)(=O)C[C@@H]1CCN(C(=O)c2ccc(Cl)s2)C1. The Kier molecular flexibility index (Phi) is 3.96. The molecule has 1 aliphatic rings. The number of halogens is 1. The van der Waals surface area contributed by atoms with Gasteiger partial charge in [-0.3, -0.25) is 4.79 Å². The highest BCUT2D eigenvalue weighted by Crippen LogP contribution is 2.25. The van der Waals surface area contributed by atoms with Crippen molar-refractivity contribution in [1.82, 2.24) is 4.90 Å². The topological polar surface area (TPSA) is 80.5 Å². The molecule has 1 aromatic rings. The van der Waals surface area contributed by atoms with Gasteiger partial charge in [0.15, 0.2) is 0 Å². The van der Waals surface area contributed by atoms with Crippen LogP contribution in [0.15, 0.2) is 12.1 Å². The zero-order chi connectivity index (χ0) is 13.3. The lowest BCUT2D eigenvalue weighted by atomic mass is 10.2. The molecular formula is C10H13ClN2O3S2. The van der Waals surface area contributed by atoms with Crippen molar-refractivity contribution < 1.29 is 13.2 Å². The van der Waals surface area contributed by atoms with Crippen LogP contribution in [0.3, 0.4) is 0 Å². The maximum atomic E-state index is 12.1. The third kappa shape index (κ3) is 3.44. The fourth-order valence-corrected chi connectivity index (χ4v) is 4.01. The van der Waals surface area contributed by atoms with Gasteiger partial charge in [0, 0.05) is 13.1 Å². The largest absolute Gasteiger partial charge is 0.338 e. The van der Waals surface area contributed by atoms with Gasteiger partial charge in [-0.25, -0.2) is 13.6 Å². The van der Waals surface area contributed by atoms with Crippen LogP contribution in [-0.4, -0.2) is 38.1 Å². The van der Waals surface area contributed by atoms with E-state index in [1.807, 2.05) is 0 Å². The van der Waals surface area contributed by atoms with Gasteiger partial charge >= 0.3 is 0 Å². The number of sulfonamides is 1. The number of primary sulfonamides is 1. The van der Waals surface area contributed by atoms with Crippen LogP contribution in [0.2, 0.25) is 4.34 Å². The minimum atomic E-state index is -3.47. The van der Waals surface area contributed by atoms with E-state index >= 15 is 0 Å². The molecule has 1 aromatic heterocycles. The van der Waals surface area contributed by atoms with Crippen LogP contribution in [0, 0.1) is 5.92 Å². The molecule has 18 heavy (non-hydrogen) atoms. The Balaban J connectivity index is 1.99. The van der Waals surface area contributed by atoms with E-state index in [-0.39, 0.29) is 17.6 Å². The lowest BCUT2D eigenvalue weighted by Gasteiger charge is -2.15. The standard InChI is InChI=1S/C10H13ClN2O3S2/c11-9-2-1-8(17-9)10(14)13-4-3-7(5-13)6-18(12,15)16/h1-2,7H,3-6H2,(H2,12,15,16)/t7-/m1/s1. The maximum Gasteiger partial charge on any atom is 0.263 e. The maximum absolute atomic E-state index is 12.1. The van der Waals surface area contributed by atoms with Crippen LogP contribution in [-0.2, 0) is 10.0 Å². The molecule has 5 nitrogen and oxygen atoms in total. The van der Waals surface area contributed by atoms with Gasteiger partial charge < -0.3 is 4.90 Å². The smallest absolute Gasteiger partial charge is 0.263 e. The molecule has 1 aliphatic heterocycles. The number of hydrogen-bond acceptors (Lipinski definition) is 4. The molecule has 0 bridgehead atoms. The molecule has 100 valence electrons. The fourth-order valence-electron chi connectivity index (χ4n) is 2.07. The lowest BCUT2D eigenvalue weighted by molar-refractivity contribution is 0.0793. The van der Waals surface area contributed by atoms with Crippen molar-refractivity contribution in [3.63, 3.8) is 0 Å². The van der Waals surface area contributed by atoms with Crippen LogP contribution in [0.5, 0.6) is 0 Å². The van der Waals surface area contributed by atoms with E-state index in [1.54, 1.807) is 17.0 Å². The van der Waals surface area contributed by atoms with E-state index in [2.05, 4.69) is 0 Å². The average Bonchev–Trinajstić information content (AvgIpc) is 2.84. The summed E-state index contributed by atoms with van der Waals surface area (Å²) in [6.45, 7) is 0.999. The highest BCUT2D eigenvalue weighted by molar-refractivity contribution is 7.89. The van der Waals surface area contributed by atoms with Crippen LogP contribution in [0.25, 0.3) is 0 Å². The first-order valence-electron chi connectivity index (χ1n) is 5.40. The number of nitrogens with zero attached hydrogens (tertiary/aromatic N) is 1. The van der Waals surface area contributed by atoms with Gasteiger partial charge in [-0.15, -0.1) is 11.3 Å². The van der Waals surface area contributed by atoms with Crippen molar-refractivity contribution in [2.45, 2.75) is 6.42 Å². The molecule has 0 aliphatic carbocycles. The van der Waals surface area contributed by atoms with Gasteiger partial charge in [0.25, 0.3) is 5.91 Å². The molecule has 0 spiro atoms. The summed E-state index contributed by atoms with van der Waals surface area (Å²) in [5.41, 5.74) is 0. The van der Waals surface area contributed by atoms with Gasteiger partial charge in [-0.2, -0.15) is 0 Å². The zero-order valence-corrected chi connectivity index (χ0v) is 11.9. The third-order valence-electron chi connectivity index (χ3n) is 2.83. The molecule has 2 heterocycles. The van der Waals surface area contributed by atoms with Crippen molar-refractivity contribution >= 4 is 38.9 Å². The second kappa shape index (κ2) is 5.16. The van der Waals surface area contributed by atoms with E-state index in [1.165, 1.54) is 11.3 Å². The molecule has 0 aromatic carbocycles. The van der Waals surface area contributed by atoms with E-state index in [0.29, 0.717) is 28.7 Å². The van der Waals surface area contributed by atoms with Gasteiger partial charge in [-0.05, 0) is 24.5 Å². The lowest BCUT2D eigenvalue weighted by Crippen LogP contribution is -2.30. The molecule has 2 rings (SSSR count). The third-order valence-corrected chi connectivity index (χ3v) is 4.98. The molecule has 1 atom stereocenters. The molecule has 0 unspecified atom stereocenters. The molecule has 1 saturated heterocycles. The van der Waals surface area contributed by atoms with Crippen LogP contribution in [0.4, 0.5) is 0 Å². The number of likely N-dealkylation sites (tertiary alicyclic amines) is 1. The number of carbonyl (C=O) groups is 1. The Morgan fingerprint density at radius 3 is 2.83 bits per heavy atom. The first-order chi connectivity index (χ1) is 8.35. The van der Waals surface area contributed by atoms with Crippen molar-refractivity contribution in [2.24, 2.45) is 11.1 Å². The summed E-state index contributed by atoms with van der Waals surface area (Å²) in [4.78, 5) is 14.3. The van der Waals surface area contributed by atoms with Crippen LogP contribution in [0.1, 0.15) is 16.1 Å². The summed E-state index contributed by atoms with van der Waals surface area (Å²) in [6.07, 6.45) is 0.668. The summed E-state index contributed by atoms with van der Waals surface area (Å²) in [7, 11) is -3.47. The monoisotopic (exact) mass is 308 g/mol. The van der Waals surface area contributed by atoms with Crippen molar-refractivity contribution in [3.8, 4) is 0 Å². The Morgan fingerprint density at radius 1 is 1.56 bits per heavy atom. The Hall–Kier alpha value is -0.630. The first-order valence-corrected chi connectivity index (χ1v) is 8.31. The highest BCUT2D eigenvalue weighted by atomic mass is 35.5. The quantitative estimate of drug-likeness (QED) is 0.909. The van der Waals surface area contributed by atoms with Crippen molar-refractivity contribution in [1.29, 1.82) is 0 Å². The number of rotatable bonds is 3. The minimum Gasteiger partial charge on any atom is -0.338 e. The normalized spacial score (nSPS) is 20.3. The predicted molar refractivity (Wildman–Crippen MR) is 71.3 cm³/mol. The van der Waals surface area contributed by atoms with Crippen molar-refractivity contribution in [2.75, 3.05) is 18.8 Å². The summed E-state index contributed by atoms with van der Waals surface area (Å²) in [5, 5.41) is 5.00. The number of thiophene rings is 1. The molecule has 1 fully saturated rings. The van der Waals surface area contributed by atoms with Crippen molar-refractivity contribution in [3.05, 3.63) is 21.3 Å². The van der Waals surface area contributed by atoms with Gasteiger partial charge in [0.2, 0.25) is 10.0 Å². The number of nitrogens with two attached hydrogens (primary N) is 1. The molecule has 1 amide bonds. The second-order valence-electron chi connectivity index (χ2n) is 4.34. The minimum absolute atomic E-state index is 0.0675. The van der Waals surface area contributed by atoms with Crippen LogP contribution < -0.4 is 5.14 Å². The number of hydrogen-bond donors (Lipinski definition) is 1. The molecular weight excluding hydrogens is 296 g/mol. The molecule has 8 heteroatoms. The van der Waals surface area contributed by atoms with Crippen LogP contribution >= 0.6 is 22.9 Å². The summed E-state index contributed by atoms with van der Waals surface area (Å²) in [6, 6.07) is 3.36. The predicted octanol–water partition coefficient (Wildman–Crippen LogP) is 1.15. The first kappa shape index (κ1) is 13.8. The van der Waals surface area contributed by atoms with Gasteiger partial charge in [0.05, 0.1) is 15.0 Å². The van der Waals surface area contributed by atoms with Gasteiger partial charge in [0.1, 0.15) is 0 Å². The fraction of sp³-hybridized carbons (Fsp3) is 0.500. The number of carbonyl (C=O) groups excluding carboxylic acids is 1. The molecule has 0 saturated carbocycles. The summed E-state index contributed by atoms with van der Waals surface area (Å²) >= 11 is 7.01. The highest BCUT2D eigenvalue weighted by Gasteiger charge is 2.29. The molecule has 2 N–H and O–H groups in total. The van der Waals surface area contributed by atoms with E-state index in [9.17, 15) is 13.2 Å². The average molecular weight is 309 g/mol. The Morgan fingerprint density at radius 2 is 2.28 bits per heavy atom.